The SMILES string of the molecule is Cc1ccc(Cl)c(OCc2nnc(SCC(=O)Nc3nnc(C4CCCCC4)s3)n2C)c1. The Labute approximate surface area is 200 Å². The number of amides is 1. The van der Waals surface area contributed by atoms with Gasteiger partial charge in [0.15, 0.2) is 11.0 Å². The molecule has 1 aliphatic carbocycles. The highest BCUT2D eigenvalue weighted by Gasteiger charge is 2.20. The molecule has 1 aliphatic rings. The van der Waals surface area contributed by atoms with Gasteiger partial charge >= 0.3 is 0 Å². The first-order chi connectivity index (χ1) is 15.5. The molecule has 1 saturated carbocycles. The van der Waals surface area contributed by atoms with Crippen molar-refractivity contribution >= 4 is 45.7 Å². The van der Waals surface area contributed by atoms with Crippen LogP contribution in [-0.2, 0) is 18.4 Å². The van der Waals surface area contributed by atoms with E-state index in [0.29, 0.717) is 32.8 Å². The van der Waals surface area contributed by atoms with Gasteiger partial charge in [0.25, 0.3) is 0 Å². The fourth-order valence-corrected chi connectivity index (χ4v) is 5.38. The number of aryl methyl sites for hydroxylation is 1. The molecule has 1 fully saturated rings. The van der Waals surface area contributed by atoms with Gasteiger partial charge in [0.2, 0.25) is 11.0 Å². The largest absolute Gasteiger partial charge is 0.484 e. The molecular formula is C21H25ClN6O2S2. The first-order valence-electron chi connectivity index (χ1n) is 10.5. The van der Waals surface area contributed by atoms with E-state index in [2.05, 4.69) is 25.7 Å². The number of rotatable bonds is 8. The first kappa shape index (κ1) is 23.0. The van der Waals surface area contributed by atoms with Crippen LogP contribution in [0.3, 0.4) is 0 Å². The summed E-state index contributed by atoms with van der Waals surface area (Å²) in [7, 11) is 1.85. The molecule has 1 N–H and O–H groups in total. The molecule has 3 aromatic rings. The minimum absolute atomic E-state index is 0.145. The van der Waals surface area contributed by atoms with Crippen LogP contribution in [-0.4, -0.2) is 36.6 Å². The van der Waals surface area contributed by atoms with Crippen molar-refractivity contribution in [3.05, 3.63) is 39.6 Å². The van der Waals surface area contributed by atoms with Crippen LogP contribution < -0.4 is 10.1 Å². The second-order valence-corrected chi connectivity index (χ2v) is 10.2. The van der Waals surface area contributed by atoms with Crippen LogP contribution in [0.15, 0.2) is 23.4 Å². The molecule has 0 saturated heterocycles. The molecule has 2 heterocycles. The van der Waals surface area contributed by atoms with E-state index < -0.39 is 0 Å². The van der Waals surface area contributed by atoms with Gasteiger partial charge in [-0.15, -0.1) is 20.4 Å². The minimum Gasteiger partial charge on any atom is -0.484 e. The van der Waals surface area contributed by atoms with Gasteiger partial charge < -0.3 is 9.30 Å². The van der Waals surface area contributed by atoms with Crippen LogP contribution in [0.5, 0.6) is 5.75 Å². The molecule has 170 valence electrons. The highest BCUT2D eigenvalue weighted by atomic mass is 35.5. The lowest BCUT2D eigenvalue weighted by Gasteiger charge is -2.18. The quantitative estimate of drug-likeness (QED) is 0.443. The van der Waals surface area contributed by atoms with Gasteiger partial charge in [-0.3, -0.25) is 10.1 Å². The van der Waals surface area contributed by atoms with Gasteiger partial charge in [-0.05, 0) is 37.5 Å². The van der Waals surface area contributed by atoms with Crippen molar-refractivity contribution < 1.29 is 9.53 Å². The molecular weight excluding hydrogens is 468 g/mol. The number of thioether (sulfide) groups is 1. The van der Waals surface area contributed by atoms with Crippen molar-refractivity contribution in [1.29, 1.82) is 0 Å². The molecule has 0 aliphatic heterocycles. The Kier molecular flexibility index (Phi) is 7.64. The molecule has 0 bridgehead atoms. The zero-order valence-electron chi connectivity index (χ0n) is 18.0. The fraction of sp³-hybridized carbons (Fsp3) is 0.476. The molecule has 0 radical (unpaired) electrons. The summed E-state index contributed by atoms with van der Waals surface area (Å²) in [6, 6.07) is 5.61. The summed E-state index contributed by atoms with van der Waals surface area (Å²) in [6.45, 7) is 2.21. The Morgan fingerprint density at radius 3 is 2.88 bits per heavy atom. The van der Waals surface area contributed by atoms with Gasteiger partial charge in [0, 0.05) is 13.0 Å². The standard InChI is InChI=1S/C21H25ClN6O2S2/c1-13-8-9-15(22)16(10-13)30-11-17-24-27-21(28(17)2)31-12-18(29)23-20-26-25-19(32-20)14-6-4-3-5-7-14/h8-10,14H,3-7,11-12H2,1-2H3,(H,23,26,29). The number of carbonyl (C=O) groups excluding carboxylic acids is 1. The van der Waals surface area contributed by atoms with E-state index in [9.17, 15) is 4.79 Å². The first-order valence-corrected chi connectivity index (χ1v) is 12.7. The summed E-state index contributed by atoms with van der Waals surface area (Å²) >= 11 is 8.97. The molecule has 2 aromatic heterocycles. The summed E-state index contributed by atoms with van der Waals surface area (Å²) in [6.07, 6.45) is 6.10. The third-order valence-electron chi connectivity index (χ3n) is 5.34. The molecule has 32 heavy (non-hydrogen) atoms. The lowest BCUT2D eigenvalue weighted by atomic mass is 9.90. The van der Waals surface area contributed by atoms with Crippen molar-refractivity contribution in [2.75, 3.05) is 11.1 Å². The maximum absolute atomic E-state index is 12.4. The highest BCUT2D eigenvalue weighted by molar-refractivity contribution is 7.99. The maximum Gasteiger partial charge on any atom is 0.236 e. The van der Waals surface area contributed by atoms with Crippen molar-refractivity contribution in [2.24, 2.45) is 7.05 Å². The van der Waals surface area contributed by atoms with Gasteiger partial charge in [-0.1, -0.05) is 60.0 Å². The van der Waals surface area contributed by atoms with Crippen LogP contribution in [0.4, 0.5) is 5.13 Å². The zero-order chi connectivity index (χ0) is 22.5. The third kappa shape index (κ3) is 5.79. The fourth-order valence-electron chi connectivity index (χ4n) is 3.54. The van der Waals surface area contributed by atoms with E-state index in [1.165, 1.54) is 42.4 Å². The molecule has 0 atom stereocenters. The molecule has 1 amide bonds. The summed E-state index contributed by atoms with van der Waals surface area (Å²) in [4.78, 5) is 12.4. The number of hydrogen-bond acceptors (Lipinski definition) is 8. The minimum atomic E-state index is -0.145. The van der Waals surface area contributed by atoms with Crippen molar-refractivity contribution in [1.82, 2.24) is 25.0 Å². The van der Waals surface area contributed by atoms with Gasteiger partial charge in [0.1, 0.15) is 17.4 Å². The Morgan fingerprint density at radius 1 is 1.25 bits per heavy atom. The average Bonchev–Trinajstić information content (AvgIpc) is 3.40. The van der Waals surface area contributed by atoms with Crippen LogP contribution in [0.2, 0.25) is 5.02 Å². The predicted octanol–water partition coefficient (Wildman–Crippen LogP) is 4.99. The lowest BCUT2D eigenvalue weighted by molar-refractivity contribution is -0.113. The number of hydrogen-bond donors (Lipinski definition) is 1. The molecule has 11 heteroatoms. The normalized spacial score (nSPS) is 14.5. The zero-order valence-corrected chi connectivity index (χ0v) is 20.4. The summed E-state index contributed by atoms with van der Waals surface area (Å²) in [5, 5.41) is 22.4. The monoisotopic (exact) mass is 492 g/mol. The average molecular weight is 493 g/mol. The van der Waals surface area contributed by atoms with E-state index in [1.807, 2.05) is 30.7 Å². The number of anilines is 1. The molecule has 1 aromatic carbocycles. The third-order valence-corrected chi connectivity index (χ3v) is 7.68. The van der Waals surface area contributed by atoms with E-state index in [4.69, 9.17) is 16.3 Å². The van der Waals surface area contributed by atoms with E-state index in [1.54, 1.807) is 6.07 Å². The van der Waals surface area contributed by atoms with Crippen molar-refractivity contribution in [3.8, 4) is 5.75 Å². The summed E-state index contributed by atoms with van der Waals surface area (Å²) in [5.41, 5.74) is 1.06. The lowest BCUT2D eigenvalue weighted by Crippen LogP contribution is -2.14. The Morgan fingerprint density at radius 2 is 2.06 bits per heavy atom. The predicted molar refractivity (Wildman–Crippen MR) is 127 cm³/mol. The molecule has 4 rings (SSSR count). The summed E-state index contributed by atoms with van der Waals surface area (Å²) in [5.74, 6) is 1.79. The Balaban J connectivity index is 1.27. The van der Waals surface area contributed by atoms with E-state index in [-0.39, 0.29) is 18.3 Å². The van der Waals surface area contributed by atoms with Gasteiger partial charge in [0.05, 0.1) is 10.8 Å². The number of carbonyl (C=O) groups is 1. The van der Waals surface area contributed by atoms with Crippen molar-refractivity contribution in [3.63, 3.8) is 0 Å². The second kappa shape index (κ2) is 10.6. The molecule has 8 nitrogen and oxygen atoms in total. The van der Waals surface area contributed by atoms with Crippen LogP contribution in [0.25, 0.3) is 0 Å². The number of halogens is 1. The summed E-state index contributed by atoms with van der Waals surface area (Å²) < 4.78 is 7.61. The number of aromatic nitrogens is 5. The molecule has 0 spiro atoms. The van der Waals surface area contributed by atoms with Crippen LogP contribution in [0.1, 0.15) is 54.4 Å². The maximum atomic E-state index is 12.4. The van der Waals surface area contributed by atoms with Crippen molar-refractivity contribution in [2.45, 2.75) is 56.7 Å². The number of benzene rings is 1. The number of nitrogens with zero attached hydrogens (tertiary/aromatic N) is 5. The number of nitrogens with one attached hydrogen (secondary N) is 1. The van der Waals surface area contributed by atoms with E-state index in [0.717, 1.165) is 23.4 Å². The number of ether oxygens (including phenoxy) is 1. The van der Waals surface area contributed by atoms with Crippen LogP contribution >= 0.6 is 34.7 Å². The highest BCUT2D eigenvalue weighted by Crippen LogP contribution is 2.35. The van der Waals surface area contributed by atoms with Gasteiger partial charge in [-0.25, -0.2) is 0 Å². The topological polar surface area (TPSA) is 94.8 Å². The van der Waals surface area contributed by atoms with Crippen LogP contribution in [0, 0.1) is 6.92 Å². The molecule has 0 unspecified atom stereocenters. The Bertz CT molecular complexity index is 1080. The second-order valence-electron chi connectivity index (χ2n) is 7.80. The van der Waals surface area contributed by atoms with Gasteiger partial charge in [-0.2, -0.15) is 0 Å². The van der Waals surface area contributed by atoms with E-state index >= 15 is 0 Å². The smallest absolute Gasteiger partial charge is 0.236 e. The Hall–Kier alpha value is -2.17.